The number of amides is 1. The van der Waals surface area contributed by atoms with Crippen molar-refractivity contribution < 1.29 is 9.53 Å². The minimum Gasteiger partial charge on any atom is -0.379 e. The van der Waals surface area contributed by atoms with E-state index < -0.39 is 0 Å². The van der Waals surface area contributed by atoms with Crippen molar-refractivity contribution >= 4 is 28.0 Å². The predicted octanol–water partition coefficient (Wildman–Crippen LogP) is 5.21. The maximum Gasteiger partial charge on any atom is 0.257 e. The van der Waals surface area contributed by atoms with Crippen LogP contribution < -0.4 is 5.32 Å². The van der Waals surface area contributed by atoms with Gasteiger partial charge < -0.3 is 9.14 Å². The first-order valence-electron chi connectivity index (χ1n) is 11.9. The fraction of sp³-hybridized carbons (Fsp3) is 0.179. The van der Waals surface area contributed by atoms with Gasteiger partial charge in [0.25, 0.3) is 5.91 Å². The van der Waals surface area contributed by atoms with E-state index in [0.717, 1.165) is 65.9 Å². The van der Waals surface area contributed by atoms with Crippen molar-refractivity contribution in [3.63, 3.8) is 0 Å². The van der Waals surface area contributed by atoms with Crippen LogP contribution in [0.3, 0.4) is 0 Å². The van der Waals surface area contributed by atoms with Crippen molar-refractivity contribution in [2.75, 3.05) is 31.6 Å². The number of carbonyl (C=O) groups is 1. The smallest absolute Gasteiger partial charge is 0.257 e. The Morgan fingerprint density at radius 2 is 1.67 bits per heavy atom. The molecule has 6 rings (SSSR count). The van der Waals surface area contributed by atoms with Gasteiger partial charge in [-0.15, -0.1) is 0 Å². The molecular weight excluding hydrogens is 470 g/mol. The number of benzene rings is 2. The number of rotatable bonds is 6. The molecule has 1 aliphatic heterocycles. The van der Waals surface area contributed by atoms with E-state index in [1.807, 2.05) is 71.4 Å². The number of anilines is 1. The van der Waals surface area contributed by atoms with E-state index in [0.29, 0.717) is 10.7 Å². The van der Waals surface area contributed by atoms with Gasteiger partial charge >= 0.3 is 0 Å². The van der Waals surface area contributed by atoms with Gasteiger partial charge in [0.15, 0.2) is 5.13 Å². The van der Waals surface area contributed by atoms with Crippen molar-refractivity contribution in [3.8, 4) is 22.5 Å². The molecule has 0 bridgehead atoms. The molecule has 0 aliphatic carbocycles. The monoisotopic (exact) mass is 495 g/mol. The van der Waals surface area contributed by atoms with E-state index in [9.17, 15) is 4.79 Å². The summed E-state index contributed by atoms with van der Waals surface area (Å²) in [4.78, 5) is 26.2. The highest BCUT2D eigenvalue weighted by molar-refractivity contribution is 7.16. The lowest BCUT2D eigenvalue weighted by Gasteiger charge is -2.26. The second-order valence-corrected chi connectivity index (χ2v) is 9.76. The Kier molecular flexibility index (Phi) is 6.29. The lowest BCUT2D eigenvalue weighted by Crippen LogP contribution is -2.35. The van der Waals surface area contributed by atoms with Crippen LogP contribution in [0.15, 0.2) is 85.2 Å². The molecule has 5 aromatic rings. The van der Waals surface area contributed by atoms with Crippen LogP contribution in [-0.4, -0.2) is 51.5 Å². The second kappa shape index (κ2) is 10.0. The minimum atomic E-state index is -0.201. The van der Waals surface area contributed by atoms with Crippen LogP contribution in [0.4, 0.5) is 5.13 Å². The number of nitrogens with one attached hydrogen (secondary N) is 1. The first-order valence-corrected chi connectivity index (χ1v) is 12.8. The van der Waals surface area contributed by atoms with Crippen LogP contribution in [0.25, 0.3) is 28.2 Å². The zero-order valence-electron chi connectivity index (χ0n) is 19.6. The molecule has 1 aliphatic rings. The summed E-state index contributed by atoms with van der Waals surface area (Å²) in [7, 11) is 0. The van der Waals surface area contributed by atoms with E-state index in [1.165, 1.54) is 11.3 Å². The van der Waals surface area contributed by atoms with E-state index in [1.54, 1.807) is 6.07 Å². The average molecular weight is 496 g/mol. The molecule has 0 unspecified atom stereocenters. The van der Waals surface area contributed by atoms with Crippen molar-refractivity contribution in [1.29, 1.82) is 0 Å². The normalized spacial score (nSPS) is 14.2. The molecule has 2 aromatic carbocycles. The molecule has 180 valence electrons. The number of nitrogens with zero attached hydrogens (tertiary/aromatic N) is 4. The molecule has 1 amide bonds. The molecule has 36 heavy (non-hydrogen) atoms. The Hall–Kier alpha value is -3.85. The Balaban J connectivity index is 1.26. The first kappa shape index (κ1) is 22.6. The summed E-state index contributed by atoms with van der Waals surface area (Å²) < 4.78 is 7.43. The Bertz CT molecular complexity index is 1490. The van der Waals surface area contributed by atoms with Gasteiger partial charge in [0.05, 0.1) is 24.6 Å². The number of morpholine rings is 1. The van der Waals surface area contributed by atoms with Crippen molar-refractivity contribution in [1.82, 2.24) is 19.3 Å². The SMILES string of the molecule is O=C(Nc1nc(-c2ccccc2)c(CN2CCOCC2)s1)c1ccn2cc(-c3ccccc3)nc2c1. The number of carbonyl (C=O) groups excluding carboxylic acids is 1. The lowest BCUT2D eigenvalue weighted by atomic mass is 10.1. The van der Waals surface area contributed by atoms with Crippen molar-refractivity contribution in [3.05, 3.63) is 95.6 Å². The first-order chi connectivity index (χ1) is 17.7. The molecule has 7 nitrogen and oxygen atoms in total. The van der Waals surface area contributed by atoms with E-state index in [4.69, 9.17) is 14.7 Å². The number of hydrogen-bond donors (Lipinski definition) is 1. The van der Waals surface area contributed by atoms with Crippen LogP contribution in [0.2, 0.25) is 0 Å². The molecule has 0 radical (unpaired) electrons. The summed E-state index contributed by atoms with van der Waals surface area (Å²) in [5, 5.41) is 3.61. The third-order valence-electron chi connectivity index (χ3n) is 6.23. The molecule has 4 heterocycles. The van der Waals surface area contributed by atoms with Gasteiger partial charge in [-0.1, -0.05) is 72.0 Å². The number of thiazole rings is 1. The Morgan fingerprint density at radius 1 is 0.944 bits per heavy atom. The highest BCUT2D eigenvalue weighted by Gasteiger charge is 2.19. The van der Waals surface area contributed by atoms with Crippen molar-refractivity contribution in [2.45, 2.75) is 6.54 Å². The Labute approximate surface area is 213 Å². The maximum atomic E-state index is 13.2. The number of hydrogen-bond acceptors (Lipinski definition) is 6. The van der Waals surface area contributed by atoms with Gasteiger partial charge in [0, 0.05) is 53.6 Å². The molecular formula is C28H25N5O2S. The van der Waals surface area contributed by atoms with Crippen LogP contribution in [0.5, 0.6) is 0 Å². The number of fused-ring (bicyclic) bond motifs is 1. The number of aromatic nitrogens is 3. The van der Waals surface area contributed by atoms with E-state index in [2.05, 4.69) is 22.3 Å². The highest BCUT2D eigenvalue weighted by Crippen LogP contribution is 2.32. The largest absolute Gasteiger partial charge is 0.379 e. The summed E-state index contributed by atoms with van der Waals surface area (Å²) in [6.45, 7) is 4.05. The number of ether oxygens (including phenoxy) is 1. The summed E-state index contributed by atoms with van der Waals surface area (Å²) in [5.41, 5.74) is 5.13. The molecule has 3 aromatic heterocycles. The minimum absolute atomic E-state index is 0.201. The summed E-state index contributed by atoms with van der Waals surface area (Å²) in [6, 6.07) is 23.7. The van der Waals surface area contributed by atoms with E-state index in [-0.39, 0.29) is 5.91 Å². The van der Waals surface area contributed by atoms with Crippen LogP contribution in [0, 0.1) is 0 Å². The topological polar surface area (TPSA) is 71.8 Å². The molecule has 0 spiro atoms. The van der Waals surface area contributed by atoms with Gasteiger partial charge in [-0.3, -0.25) is 15.0 Å². The van der Waals surface area contributed by atoms with Gasteiger partial charge in [0.1, 0.15) is 5.65 Å². The van der Waals surface area contributed by atoms with Crippen LogP contribution in [0.1, 0.15) is 15.2 Å². The molecule has 1 saturated heterocycles. The molecule has 1 N–H and O–H groups in total. The third-order valence-corrected chi connectivity index (χ3v) is 7.18. The molecule has 1 fully saturated rings. The van der Waals surface area contributed by atoms with Crippen molar-refractivity contribution in [2.24, 2.45) is 0 Å². The Morgan fingerprint density at radius 3 is 2.42 bits per heavy atom. The molecule has 0 saturated carbocycles. The third kappa shape index (κ3) is 4.79. The van der Waals surface area contributed by atoms with E-state index >= 15 is 0 Å². The highest BCUT2D eigenvalue weighted by atomic mass is 32.1. The number of imidazole rings is 1. The fourth-order valence-electron chi connectivity index (χ4n) is 4.34. The summed E-state index contributed by atoms with van der Waals surface area (Å²) >= 11 is 1.53. The molecule has 0 atom stereocenters. The van der Waals surface area contributed by atoms with Gasteiger partial charge in [0.2, 0.25) is 0 Å². The fourth-order valence-corrected chi connectivity index (χ4v) is 5.36. The average Bonchev–Trinajstić information content (AvgIpc) is 3.54. The van der Waals surface area contributed by atoms with Crippen LogP contribution in [-0.2, 0) is 11.3 Å². The quantitative estimate of drug-likeness (QED) is 0.350. The second-order valence-electron chi connectivity index (χ2n) is 8.67. The standard InChI is InChI=1S/C28H25N5O2S/c34-27(22-11-12-33-18-23(29-25(33)17-22)20-7-3-1-4-8-20)31-28-30-26(21-9-5-2-6-10-21)24(36-28)19-32-13-15-35-16-14-32/h1-12,17-18H,13-16,19H2,(H,30,31,34). The molecule has 8 heteroatoms. The summed E-state index contributed by atoms with van der Waals surface area (Å²) in [6.07, 6.45) is 3.84. The van der Waals surface area contributed by atoms with Gasteiger partial charge in [-0.25, -0.2) is 9.97 Å². The van der Waals surface area contributed by atoms with Gasteiger partial charge in [-0.2, -0.15) is 0 Å². The predicted molar refractivity (Wildman–Crippen MR) is 142 cm³/mol. The number of pyridine rings is 1. The summed E-state index contributed by atoms with van der Waals surface area (Å²) in [5.74, 6) is -0.201. The van der Waals surface area contributed by atoms with Crippen LogP contribution >= 0.6 is 11.3 Å². The van der Waals surface area contributed by atoms with Gasteiger partial charge in [-0.05, 0) is 12.1 Å². The lowest BCUT2D eigenvalue weighted by molar-refractivity contribution is 0.0347. The maximum absolute atomic E-state index is 13.2. The zero-order valence-corrected chi connectivity index (χ0v) is 20.4. The zero-order chi connectivity index (χ0) is 24.3.